The summed E-state index contributed by atoms with van der Waals surface area (Å²) in [6.07, 6.45) is -0.119. The van der Waals surface area contributed by atoms with E-state index in [4.69, 9.17) is 0 Å². The van der Waals surface area contributed by atoms with Crippen molar-refractivity contribution in [3.05, 3.63) is 83.7 Å². The maximum Gasteiger partial charge on any atom is 0.416 e. The minimum absolute atomic E-state index is 0.225. The van der Waals surface area contributed by atoms with E-state index in [9.17, 15) is 18.0 Å². The number of nitrogens with one attached hydrogen (secondary N) is 1. The number of halogens is 3. The van der Waals surface area contributed by atoms with E-state index < -0.39 is 17.8 Å². The van der Waals surface area contributed by atoms with Crippen molar-refractivity contribution in [3.8, 4) is 5.69 Å². The number of hydrogen-bond donors (Lipinski definition) is 1. The Bertz CT molecular complexity index is 935. The number of aryl methyl sites for hydroxylation is 1. The van der Waals surface area contributed by atoms with Crippen molar-refractivity contribution in [3.63, 3.8) is 0 Å². The fourth-order valence-electron chi connectivity index (χ4n) is 2.85. The summed E-state index contributed by atoms with van der Waals surface area (Å²) in [6.45, 7) is 1.67. The first-order chi connectivity index (χ1) is 13.3. The minimum atomic E-state index is -4.40. The molecule has 0 radical (unpaired) electrons. The molecule has 1 amide bonds. The monoisotopic (exact) mass is 387 g/mol. The fraction of sp³-hybridized carbons (Fsp3) is 0.238. The van der Waals surface area contributed by atoms with Crippen LogP contribution in [0.5, 0.6) is 0 Å². The summed E-state index contributed by atoms with van der Waals surface area (Å²) in [4.78, 5) is 12.2. The largest absolute Gasteiger partial charge is 0.416 e. The average molecular weight is 387 g/mol. The van der Waals surface area contributed by atoms with E-state index in [1.807, 2.05) is 36.5 Å². The summed E-state index contributed by atoms with van der Waals surface area (Å²) in [5, 5.41) is 7.03. The lowest BCUT2D eigenvalue weighted by molar-refractivity contribution is -0.137. The van der Waals surface area contributed by atoms with Gasteiger partial charge in [-0.15, -0.1) is 0 Å². The van der Waals surface area contributed by atoms with Gasteiger partial charge in [-0.25, -0.2) is 4.68 Å². The summed E-state index contributed by atoms with van der Waals surface area (Å²) < 4.78 is 40.2. The lowest BCUT2D eigenvalue weighted by atomic mass is 10.0. The lowest BCUT2D eigenvalue weighted by Crippen LogP contribution is -2.27. The van der Waals surface area contributed by atoms with Crippen molar-refractivity contribution >= 4 is 5.91 Å². The van der Waals surface area contributed by atoms with E-state index in [0.29, 0.717) is 12.0 Å². The van der Waals surface area contributed by atoms with Gasteiger partial charge in [0.25, 0.3) is 0 Å². The molecule has 4 nitrogen and oxygen atoms in total. The Labute approximate surface area is 161 Å². The zero-order valence-corrected chi connectivity index (χ0v) is 15.3. The molecule has 0 saturated heterocycles. The molecule has 3 rings (SSSR count). The van der Waals surface area contributed by atoms with Crippen molar-refractivity contribution < 1.29 is 18.0 Å². The maximum atomic E-state index is 12.8. The summed E-state index contributed by atoms with van der Waals surface area (Å²) in [6, 6.07) is 14.1. The zero-order chi connectivity index (χ0) is 20.1. The zero-order valence-electron chi connectivity index (χ0n) is 15.3. The highest BCUT2D eigenvalue weighted by atomic mass is 19.4. The Morgan fingerprint density at radius 2 is 1.89 bits per heavy atom. The molecule has 7 heteroatoms. The smallest absolute Gasteiger partial charge is 0.350 e. The summed E-state index contributed by atoms with van der Waals surface area (Å²) in [5.41, 5.74) is 1.53. The number of para-hydroxylation sites is 1. The molecule has 0 aliphatic heterocycles. The number of carbonyl (C=O) groups is 1. The van der Waals surface area contributed by atoms with E-state index in [-0.39, 0.29) is 12.3 Å². The normalized spacial score (nSPS) is 12.6. The Hall–Kier alpha value is -3.09. The number of benzene rings is 2. The van der Waals surface area contributed by atoms with Gasteiger partial charge in [-0.2, -0.15) is 18.3 Å². The van der Waals surface area contributed by atoms with Crippen LogP contribution in [0.1, 0.15) is 36.1 Å². The number of aromatic nitrogens is 2. The van der Waals surface area contributed by atoms with Crippen molar-refractivity contribution in [2.24, 2.45) is 0 Å². The third-order valence-electron chi connectivity index (χ3n) is 4.39. The Morgan fingerprint density at radius 3 is 2.61 bits per heavy atom. The quantitative estimate of drug-likeness (QED) is 0.666. The van der Waals surface area contributed by atoms with Gasteiger partial charge in [0.1, 0.15) is 0 Å². The minimum Gasteiger partial charge on any atom is -0.350 e. The van der Waals surface area contributed by atoms with Gasteiger partial charge in [0.2, 0.25) is 5.91 Å². The van der Waals surface area contributed by atoms with E-state index in [1.54, 1.807) is 23.9 Å². The molecule has 1 atom stereocenters. The molecule has 2 aromatic carbocycles. The van der Waals surface area contributed by atoms with E-state index in [1.165, 1.54) is 6.07 Å². The van der Waals surface area contributed by atoms with Gasteiger partial charge in [-0.1, -0.05) is 30.3 Å². The van der Waals surface area contributed by atoms with Gasteiger partial charge < -0.3 is 5.32 Å². The van der Waals surface area contributed by atoms with Crippen molar-refractivity contribution in [2.75, 3.05) is 0 Å². The first kappa shape index (κ1) is 19.7. The Morgan fingerprint density at radius 1 is 1.14 bits per heavy atom. The molecule has 28 heavy (non-hydrogen) atoms. The van der Waals surface area contributed by atoms with Gasteiger partial charge >= 0.3 is 6.18 Å². The molecule has 1 heterocycles. The maximum absolute atomic E-state index is 12.8. The number of carbonyl (C=O) groups excluding carboxylic acids is 1. The number of hydrogen-bond acceptors (Lipinski definition) is 2. The highest BCUT2D eigenvalue weighted by Gasteiger charge is 2.30. The molecular weight excluding hydrogens is 367 g/mol. The lowest BCUT2D eigenvalue weighted by Gasteiger charge is -2.16. The summed E-state index contributed by atoms with van der Waals surface area (Å²) >= 11 is 0. The Kier molecular flexibility index (Phi) is 5.82. The van der Waals surface area contributed by atoms with Crippen molar-refractivity contribution in [2.45, 2.75) is 32.0 Å². The Balaban J connectivity index is 1.55. The van der Waals surface area contributed by atoms with E-state index in [2.05, 4.69) is 10.4 Å². The molecule has 0 bridgehead atoms. The molecule has 146 valence electrons. The molecular formula is C21H20F3N3O. The van der Waals surface area contributed by atoms with Crippen LogP contribution < -0.4 is 5.32 Å². The highest BCUT2D eigenvalue weighted by Crippen LogP contribution is 2.30. The molecule has 0 saturated carbocycles. The van der Waals surface area contributed by atoms with Crippen LogP contribution >= 0.6 is 0 Å². The van der Waals surface area contributed by atoms with Crippen LogP contribution in [0.15, 0.2) is 67.0 Å². The van der Waals surface area contributed by atoms with Crippen molar-refractivity contribution in [1.29, 1.82) is 0 Å². The van der Waals surface area contributed by atoms with Crippen LogP contribution in [0.4, 0.5) is 13.2 Å². The molecule has 3 aromatic rings. The van der Waals surface area contributed by atoms with E-state index in [0.717, 1.165) is 23.4 Å². The molecule has 0 spiro atoms. The van der Waals surface area contributed by atoms with Gasteiger partial charge in [-0.05, 0) is 48.7 Å². The van der Waals surface area contributed by atoms with Crippen LogP contribution in [-0.4, -0.2) is 15.7 Å². The standard InChI is InChI=1S/C21H20F3N3O/c1-15(17-6-5-7-18(12-17)21(22,23)24)26-20(28)11-10-16-13-25-27(14-16)19-8-3-2-4-9-19/h2-9,12-15H,10-11H2,1H3,(H,26,28). The highest BCUT2D eigenvalue weighted by molar-refractivity contribution is 5.76. The molecule has 0 aliphatic carbocycles. The van der Waals surface area contributed by atoms with Crippen LogP contribution in [0.25, 0.3) is 5.69 Å². The number of amides is 1. The van der Waals surface area contributed by atoms with Gasteiger partial charge in [0.15, 0.2) is 0 Å². The third-order valence-corrected chi connectivity index (χ3v) is 4.39. The molecule has 0 fully saturated rings. The fourth-order valence-corrected chi connectivity index (χ4v) is 2.85. The number of rotatable bonds is 6. The van der Waals surface area contributed by atoms with Gasteiger partial charge in [0.05, 0.1) is 23.5 Å². The van der Waals surface area contributed by atoms with Crippen LogP contribution in [0.3, 0.4) is 0 Å². The second-order valence-electron chi connectivity index (χ2n) is 6.54. The van der Waals surface area contributed by atoms with Crippen LogP contribution in [-0.2, 0) is 17.4 Å². The average Bonchev–Trinajstić information content (AvgIpc) is 3.15. The predicted octanol–water partition coefficient (Wildman–Crippen LogP) is 4.70. The SMILES string of the molecule is CC(NC(=O)CCc1cnn(-c2ccccc2)c1)c1cccc(C(F)(F)F)c1. The van der Waals surface area contributed by atoms with Crippen LogP contribution in [0.2, 0.25) is 0 Å². The molecule has 1 N–H and O–H groups in total. The predicted molar refractivity (Wildman–Crippen MR) is 99.9 cm³/mol. The van der Waals surface area contributed by atoms with Gasteiger partial charge in [-0.3, -0.25) is 4.79 Å². The number of nitrogens with zero attached hydrogens (tertiary/aromatic N) is 2. The second-order valence-corrected chi connectivity index (χ2v) is 6.54. The first-order valence-corrected chi connectivity index (χ1v) is 8.88. The molecule has 0 aliphatic rings. The topological polar surface area (TPSA) is 46.9 Å². The van der Waals surface area contributed by atoms with Crippen molar-refractivity contribution in [1.82, 2.24) is 15.1 Å². The number of alkyl halides is 3. The summed E-state index contributed by atoms with van der Waals surface area (Å²) in [7, 11) is 0. The van der Waals surface area contributed by atoms with Crippen LogP contribution in [0, 0.1) is 0 Å². The summed E-state index contributed by atoms with van der Waals surface area (Å²) in [5.74, 6) is -0.225. The second kappa shape index (κ2) is 8.29. The van der Waals surface area contributed by atoms with Gasteiger partial charge in [0, 0.05) is 12.6 Å². The first-order valence-electron chi connectivity index (χ1n) is 8.88. The van der Waals surface area contributed by atoms with E-state index >= 15 is 0 Å². The molecule has 1 aromatic heterocycles. The molecule has 1 unspecified atom stereocenters. The third kappa shape index (κ3) is 5.00.